The molecule has 25 heavy (non-hydrogen) atoms. The summed E-state index contributed by atoms with van der Waals surface area (Å²) in [7, 11) is 1.53. The van der Waals surface area contributed by atoms with Gasteiger partial charge in [-0.25, -0.2) is 9.78 Å². The van der Waals surface area contributed by atoms with E-state index in [9.17, 15) is 9.90 Å². The Morgan fingerprint density at radius 3 is 2.40 bits per heavy atom. The first-order valence-electron chi connectivity index (χ1n) is 8.39. The van der Waals surface area contributed by atoms with Crippen LogP contribution < -0.4 is 4.74 Å². The van der Waals surface area contributed by atoms with E-state index in [1.165, 1.54) is 7.11 Å². The van der Waals surface area contributed by atoms with Crippen LogP contribution in [0.3, 0.4) is 0 Å². The number of aliphatic hydroxyl groups is 1. The standard InChI is InChI=1S/C18H27ClN2O4/c1-11-9-21(16(22)25-17(3,4)5)10-12(2)18(11,23)13-8-20-15(19)7-14(13)24-6/h7-8,11-12,23H,9-10H2,1-6H3/t11-,12+,18?. The van der Waals surface area contributed by atoms with Gasteiger partial charge in [0.2, 0.25) is 0 Å². The second-order valence-corrected chi connectivity index (χ2v) is 8.11. The predicted octanol–water partition coefficient (Wildman–Crippen LogP) is 3.45. The lowest BCUT2D eigenvalue weighted by atomic mass is 9.71. The number of methoxy groups -OCH3 is 1. The second kappa shape index (κ2) is 7.00. The first-order chi connectivity index (χ1) is 11.5. The van der Waals surface area contributed by atoms with Crippen LogP contribution in [-0.4, -0.2) is 46.9 Å². The molecule has 3 atom stereocenters. The molecule has 1 amide bonds. The van der Waals surface area contributed by atoms with Crippen LogP contribution in [0.1, 0.15) is 40.2 Å². The molecule has 140 valence electrons. The van der Waals surface area contributed by atoms with Crippen LogP contribution in [0.15, 0.2) is 12.3 Å². The summed E-state index contributed by atoms with van der Waals surface area (Å²) in [6.07, 6.45) is 1.19. The number of carbonyl (C=O) groups is 1. The molecule has 1 fully saturated rings. The second-order valence-electron chi connectivity index (χ2n) is 7.72. The number of aromatic nitrogens is 1. The molecule has 0 spiro atoms. The summed E-state index contributed by atoms with van der Waals surface area (Å²) in [6.45, 7) is 10.1. The molecule has 1 unspecified atom stereocenters. The number of rotatable bonds is 2. The predicted molar refractivity (Wildman–Crippen MR) is 95.8 cm³/mol. The van der Waals surface area contributed by atoms with Crippen LogP contribution in [0.5, 0.6) is 5.75 Å². The van der Waals surface area contributed by atoms with Crippen molar-refractivity contribution in [1.29, 1.82) is 0 Å². The van der Waals surface area contributed by atoms with E-state index in [2.05, 4.69) is 4.98 Å². The number of nitrogens with zero attached hydrogens (tertiary/aromatic N) is 2. The topological polar surface area (TPSA) is 71.9 Å². The lowest BCUT2D eigenvalue weighted by Crippen LogP contribution is -2.56. The summed E-state index contributed by atoms with van der Waals surface area (Å²) >= 11 is 5.94. The van der Waals surface area contributed by atoms with E-state index in [4.69, 9.17) is 21.1 Å². The fraction of sp³-hybridized carbons (Fsp3) is 0.667. The molecule has 1 aromatic rings. The van der Waals surface area contributed by atoms with E-state index < -0.39 is 11.2 Å². The Labute approximate surface area is 154 Å². The van der Waals surface area contributed by atoms with Crippen LogP contribution in [0.4, 0.5) is 4.79 Å². The number of hydrogen-bond acceptors (Lipinski definition) is 5. The number of carbonyl (C=O) groups excluding carboxylic acids is 1. The number of piperidine rings is 1. The molecule has 1 aliphatic rings. The number of ether oxygens (including phenoxy) is 2. The third-order valence-electron chi connectivity index (χ3n) is 4.63. The molecule has 6 nitrogen and oxygen atoms in total. The van der Waals surface area contributed by atoms with Gasteiger partial charge in [-0.3, -0.25) is 0 Å². The summed E-state index contributed by atoms with van der Waals surface area (Å²) in [5.74, 6) is 0.0215. The Morgan fingerprint density at radius 1 is 1.36 bits per heavy atom. The first kappa shape index (κ1) is 19.8. The van der Waals surface area contributed by atoms with Crippen molar-refractivity contribution in [3.8, 4) is 5.75 Å². The molecule has 2 rings (SSSR count). The van der Waals surface area contributed by atoms with Gasteiger partial charge in [0.15, 0.2) is 0 Å². The lowest BCUT2D eigenvalue weighted by Gasteiger charge is -2.48. The van der Waals surface area contributed by atoms with Crippen molar-refractivity contribution < 1.29 is 19.4 Å². The Morgan fingerprint density at radius 2 is 1.92 bits per heavy atom. The molecule has 0 aliphatic carbocycles. The van der Waals surface area contributed by atoms with Crippen molar-refractivity contribution in [3.05, 3.63) is 23.0 Å². The maximum Gasteiger partial charge on any atom is 0.410 e. The fourth-order valence-corrected chi connectivity index (χ4v) is 3.54. The lowest BCUT2D eigenvalue weighted by molar-refractivity contribution is -0.112. The summed E-state index contributed by atoms with van der Waals surface area (Å²) in [6, 6.07) is 1.59. The maximum absolute atomic E-state index is 12.4. The van der Waals surface area contributed by atoms with Gasteiger partial charge in [0, 0.05) is 42.8 Å². The Hall–Kier alpha value is -1.53. The van der Waals surface area contributed by atoms with E-state index in [0.717, 1.165) is 0 Å². The summed E-state index contributed by atoms with van der Waals surface area (Å²) in [4.78, 5) is 18.1. The highest BCUT2D eigenvalue weighted by molar-refractivity contribution is 6.29. The molecule has 0 bridgehead atoms. The SMILES string of the molecule is COc1cc(Cl)ncc1C1(O)[C@H](C)CN(C(=O)OC(C)(C)C)C[C@@H]1C. The fourth-order valence-electron chi connectivity index (χ4n) is 3.39. The summed E-state index contributed by atoms with van der Waals surface area (Å²) < 4.78 is 10.9. The Kier molecular flexibility index (Phi) is 5.54. The summed E-state index contributed by atoms with van der Waals surface area (Å²) in [5, 5.41) is 11.8. The first-order valence-corrected chi connectivity index (χ1v) is 8.77. The van der Waals surface area contributed by atoms with E-state index in [-0.39, 0.29) is 17.9 Å². The van der Waals surface area contributed by atoms with Gasteiger partial charge in [0.05, 0.1) is 7.11 Å². The minimum Gasteiger partial charge on any atom is -0.496 e. The smallest absolute Gasteiger partial charge is 0.410 e. The van der Waals surface area contributed by atoms with E-state index >= 15 is 0 Å². The molecule has 0 saturated carbocycles. The van der Waals surface area contributed by atoms with Crippen LogP contribution >= 0.6 is 11.6 Å². The largest absolute Gasteiger partial charge is 0.496 e. The van der Waals surface area contributed by atoms with Gasteiger partial charge in [-0.1, -0.05) is 25.4 Å². The highest BCUT2D eigenvalue weighted by Crippen LogP contribution is 2.45. The van der Waals surface area contributed by atoms with E-state index in [0.29, 0.717) is 29.6 Å². The van der Waals surface area contributed by atoms with Crippen molar-refractivity contribution in [2.45, 2.75) is 45.8 Å². The van der Waals surface area contributed by atoms with Crippen molar-refractivity contribution in [1.82, 2.24) is 9.88 Å². The van der Waals surface area contributed by atoms with Gasteiger partial charge in [0.1, 0.15) is 22.1 Å². The van der Waals surface area contributed by atoms with Crippen molar-refractivity contribution in [2.75, 3.05) is 20.2 Å². The normalized spacial score (nSPS) is 27.1. The van der Waals surface area contributed by atoms with Gasteiger partial charge < -0.3 is 19.5 Å². The minimum atomic E-state index is -1.18. The Balaban J connectivity index is 2.29. The quantitative estimate of drug-likeness (QED) is 0.807. The molecule has 0 aromatic carbocycles. The maximum atomic E-state index is 12.4. The molecular formula is C18H27ClN2O4. The van der Waals surface area contributed by atoms with Crippen LogP contribution in [-0.2, 0) is 10.3 Å². The van der Waals surface area contributed by atoms with Crippen molar-refractivity contribution >= 4 is 17.7 Å². The molecule has 2 heterocycles. The molecule has 1 saturated heterocycles. The van der Waals surface area contributed by atoms with Gasteiger partial charge in [-0.15, -0.1) is 0 Å². The molecular weight excluding hydrogens is 344 g/mol. The average Bonchev–Trinajstić information content (AvgIpc) is 2.50. The van der Waals surface area contributed by atoms with Gasteiger partial charge in [-0.2, -0.15) is 0 Å². The molecule has 1 aromatic heterocycles. The third kappa shape index (κ3) is 4.01. The average molecular weight is 371 g/mol. The van der Waals surface area contributed by atoms with E-state index in [1.807, 2.05) is 34.6 Å². The zero-order valence-corrected chi connectivity index (χ0v) is 16.4. The molecule has 1 N–H and O–H groups in total. The van der Waals surface area contributed by atoms with E-state index in [1.54, 1.807) is 17.2 Å². The Bertz CT molecular complexity index is 632. The van der Waals surface area contributed by atoms with Crippen molar-refractivity contribution in [2.24, 2.45) is 11.8 Å². The highest BCUT2D eigenvalue weighted by atomic mass is 35.5. The number of amides is 1. The monoisotopic (exact) mass is 370 g/mol. The third-order valence-corrected chi connectivity index (χ3v) is 4.83. The highest BCUT2D eigenvalue weighted by Gasteiger charge is 2.49. The van der Waals surface area contributed by atoms with Crippen LogP contribution in [0.25, 0.3) is 0 Å². The molecule has 7 heteroatoms. The van der Waals surface area contributed by atoms with Gasteiger partial charge in [0.25, 0.3) is 0 Å². The number of halogens is 1. The van der Waals surface area contributed by atoms with Crippen LogP contribution in [0.2, 0.25) is 5.15 Å². The number of hydrogen-bond donors (Lipinski definition) is 1. The zero-order chi connectivity index (χ0) is 19.0. The zero-order valence-electron chi connectivity index (χ0n) is 15.7. The number of likely N-dealkylation sites (tertiary alicyclic amines) is 1. The molecule has 0 radical (unpaired) electrons. The van der Waals surface area contributed by atoms with Gasteiger partial charge >= 0.3 is 6.09 Å². The molecule has 1 aliphatic heterocycles. The minimum absolute atomic E-state index is 0.236. The van der Waals surface area contributed by atoms with Crippen LogP contribution in [0, 0.1) is 11.8 Å². The van der Waals surface area contributed by atoms with Gasteiger partial charge in [-0.05, 0) is 20.8 Å². The number of pyridine rings is 1. The summed E-state index contributed by atoms with van der Waals surface area (Å²) in [5.41, 5.74) is -1.15. The van der Waals surface area contributed by atoms with Crippen molar-refractivity contribution in [3.63, 3.8) is 0 Å².